The maximum absolute atomic E-state index is 5.84. The summed E-state index contributed by atoms with van der Waals surface area (Å²) in [7, 11) is 1.74. The largest absolute Gasteiger partial charge is 0.383 e. The summed E-state index contributed by atoms with van der Waals surface area (Å²) in [4.78, 5) is 2.56. The van der Waals surface area contributed by atoms with Gasteiger partial charge >= 0.3 is 0 Å². The van der Waals surface area contributed by atoms with Gasteiger partial charge in [-0.2, -0.15) is 0 Å². The van der Waals surface area contributed by atoms with E-state index in [1.54, 1.807) is 7.11 Å². The SMILES string of the molecule is COCCNCC(C)N1CC2CCC(C1)O2. The highest BCUT2D eigenvalue weighted by atomic mass is 16.5. The number of methoxy groups -OCH3 is 1. The van der Waals surface area contributed by atoms with Crippen LogP contribution in [-0.2, 0) is 9.47 Å². The van der Waals surface area contributed by atoms with E-state index in [4.69, 9.17) is 9.47 Å². The van der Waals surface area contributed by atoms with Gasteiger partial charge in [0.25, 0.3) is 0 Å². The van der Waals surface area contributed by atoms with Crippen LogP contribution in [0.2, 0.25) is 0 Å². The summed E-state index contributed by atoms with van der Waals surface area (Å²) in [6.45, 7) is 7.31. The van der Waals surface area contributed by atoms with Crippen molar-refractivity contribution in [3.8, 4) is 0 Å². The van der Waals surface area contributed by atoms with Crippen LogP contribution in [0.15, 0.2) is 0 Å². The summed E-state index contributed by atoms with van der Waals surface area (Å²) in [5, 5.41) is 3.43. The topological polar surface area (TPSA) is 33.7 Å². The van der Waals surface area contributed by atoms with Gasteiger partial charge in [0, 0.05) is 39.3 Å². The molecule has 2 aliphatic heterocycles. The highest BCUT2D eigenvalue weighted by Crippen LogP contribution is 2.27. The van der Waals surface area contributed by atoms with E-state index in [-0.39, 0.29) is 0 Å². The van der Waals surface area contributed by atoms with Crippen molar-refractivity contribution in [2.45, 2.75) is 38.0 Å². The maximum atomic E-state index is 5.84. The van der Waals surface area contributed by atoms with Gasteiger partial charge in [-0.3, -0.25) is 4.90 Å². The third kappa shape index (κ3) is 3.17. The molecule has 3 unspecified atom stereocenters. The first kappa shape index (κ1) is 12.3. The second-order valence-electron chi connectivity index (χ2n) is 4.96. The first-order chi connectivity index (χ1) is 7.79. The van der Waals surface area contributed by atoms with Gasteiger partial charge in [0.05, 0.1) is 18.8 Å². The Bertz CT molecular complexity index is 201. The lowest BCUT2D eigenvalue weighted by atomic mass is 10.2. The normalized spacial score (nSPS) is 31.9. The van der Waals surface area contributed by atoms with Crippen LogP contribution in [0.3, 0.4) is 0 Å². The molecule has 2 bridgehead atoms. The number of rotatable bonds is 6. The van der Waals surface area contributed by atoms with E-state index in [2.05, 4.69) is 17.1 Å². The standard InChI is InChI=1S/C12H24N2O2/c1-10(7-13-5-6-15-2)14-8-11-3-4-12(9-14)16-11/h10-13H,3-9H2,1-2H3. The zero-order valence-electron chi connectivity index (χ0n) is 10.4. The molecule has 0 spiro atoms. The predicted molar refractivity (Wildman–Crippen MR) is 63.7 cm³/mol. The van der Waals surface area contributed by atoms with Crippen LogP contribution >= 0.6 is 0 Å². The molecular weight excluding hydrogens is 204 g/mol. The molecule has 1 N–H and O–H groups in total. The van der Waals surface area contributed by atoms with Crippen molar-refractivity contribution in [2.75, 3.05) is 39.9 Å². The van der Waals surface area contributed by atoms with Gasteiger partial charge in [-0.1, -0.05) is 0 Å². The van der Waals surface area contributed by atoms with Crippen molar-refractivity contribution >= 4 is 0 Å². The van der Waals surface area contributed by atoms with Crippen LogP contribution in [0, 0.1) is 0 Å². The fourth-order valence-corrected chi connectivity index (χ4v) is 2.62. The summed E-state index contributed by atoms with van der Waals surface area (Å²) in [6.07, 6.45) is 3.51. The number of likely N-dealkylation sites (tertiary alicyclic amines) is 1. The molecule has 3 atom stereocenters. The minimum Gasteiger partial charge on any atom is -0.383 e. The van der Waals surface area contributed by atoms with Crippen molar-refractivity contribution in [3.05, 3.63) is 0 Å². The molecule has 2 rings (SSSR count). The Morgan fingerprint density at radius 3 is 2.69 bits per heavy atom. The fraction of sp³-hybridized carbons (Fsp3) is 1.00. The number of nitrogens with one attached hydrogen (secondary N) is 1. The third-order valence-corrected chi connectivity index (χ3v) is 3.62. The van der Waals surface area contributed by atoms with Gasteiger partial charge in [-0.15, -0.1) is 0 Å². The number of nitrogens with zero attached hydrogens (tertiary/aromatic N) is 1. The number of hydrogen-bond acceptors (Lipinski definition) is 4. The van der Waals surface area contributed by atoms with Crippen LogP contribution in [0.4, 0.5) is 0 Å². The van der Waals surface area contributed by atoms with Crippen molar-refractivity contribution in [1.82, 2.24) is 10.2 Å². The summed E-state index contributed by atoms with van der Waals surface area (Å²) in [6, 6.07) is 0.601. The molecule has 0 saturated carbocycles. The van der Waals surface area contributed by atoms with E-state index < -0.39 is 0 Å². The number of hydrogen-bond donors (Lipinski definition) is 1. The van der Waals surface area contributed by atoms with Crippen molar-refractivity contribution in [3.63, 3.8) is 0 Å². The van der Waals surface area contributed by atoms with E-state index in [9.17, 15) is 0 Å². The van der Waals surface area contributed by atoms with Crippen LogP contribution < -0.4 is 5.32 Å². The van der Waals surface area contributed by atoms with Gasteiger partial charge in [0.15, 0.2) is 0 Å². The molecule has 4 heteroatoms. The van der Waals surface area contributed by atoms with Crippen LogP contribution in [0.1, 0.15) is 19.8 Å². The highest BCUT2D eigenvalue weighted by molar-refractivity contribution is 4.87. The van der Waals surface area contributed by atoms with Gasteiger partial charge < -0.3 is 14.8 Å². The first-order valence-electron chi connectivity index (χ1n) is 6.38. The predicted octanol–water partition coefficient (Wildman–Crippen LogP) is 0.474. The van der Waals surface area contributed by atoms with E-state index in [0.717, 1.165) is 32.8 Å². The molecule has 2 heterocycles. The Kier molecular flexibility index (Phi) is 4.58. The Morgan fingerprint density at radius 2 is 2.06 bits per heavy atom. The van der Waals surface area contributed by atoms with Gasteiger partial charge in [-0.05, 0) is 19.8 Å². The number of morpholine rings is 1. The molecule has 2 aliphatic rings. The van der Waals surface area contributed by atoms with Gasteiger partial charge in [-0.25, -0.2) is 0 Å². The fourth-order valence-electron chi connectivity index (χ4n) is 2.62. The Labute approximate surface area is 98.3 Å². The molecule has 2 fully saturated rings. The van der Waals surface area contributed by atoms with E-state index in [1.807, 2.05) is 0 Å². The third-order valence-electron chi connectivity index (χ3n) is 3.62. The molecule has 0 aliphatic carbocycles. The van der Waals surface area contributed by atoms with E-state index >= 15 is 0 Å². The van der Waals surface area contributed by atoms with Crippen LogP contribution in [-0.4, -0.2) is 63.0 Å². The molecule has 0 radical (unpaired) electrons. The molecule has 0 aromatic heterocycles. The molecule has 0 aromatic carbocycles. The summed E-state index contributed by atoms with van der Waals surface area (Å²) in [5.74, 6) is 0. The molecular formula is C12H24N2O2. The maximum Gasteiger partial charge on any atom is 0.0707 e. The monoisotopic (exact) mass is 228 g/mol. The van der Waals surface area contributed by atoms with Crippen molar-refractivity contribution < 1.29 is 9.47 Å². The molecule has 2 saturated heterocycles. The van der Waals surface area contributed by atoms with Crippen molar-refractivity contribution in [1.29, 1.82) is 0 Å². The Balaban J connectivity index is 1.67. The lowest BCUT2D eigenvalue weighted by Gasteiger charge is -2.36. The summed E-state index contributed by atoms with van der Waals surface area (Å²) >= 11 is 0. The average molecular weight is 228 g/mol. The summed E-state index contributed by atoms with van der Waals surface area (Å²) < 4.78 is 10.9. The average Bonchev–Trinajstić information content (AvgIpc) is 2.63. The first-order valence-corrected chi connectivity index (χ1v) is 6.38. The van der Waals surface area contributed by atoms with Crippen LogP contribution in [0.5, 0.6) is 0 Å². The number of ether oxygens (including phenoxy) is 2. The quantitative estimate of drug-likeness (QED) is 0.670. The molecule has 0 aromatic rings. The smallest absolute Gasteiger partial charge is 0.0707 e. The van der Waals surface area contributed by atoms with E-state index in [0.29, 0.717) is 18.2 Å². The second-order valence-corrected chi connectivity index (χ2v) is 4.96. The van der Waals surface area contributed by atoms with Gasteiger partial charge in [0.2, 0.25) is 0 Å². The summed E-state index contributed by atoms with van der Waals surface area (Å²) in [5.41, 5.74) is 0. The molecule has 16 heavy (non-hydrogen) atoms. The highest BCUT2D eigenvalue weighted by Gasteiger charge is 2.35. The molecule has 94 valence electrons. The molecule has 4 nitrogen and oxygen atoms in total. The Hall–Kier alpha value is -0.160. The molecule has 0 amide bonds. The van der Waals surface area contributed by atoms with E-state index in [1.165, 1.54) is 12.8 Å². The van der Waals surface area contributed by atoms with Crippen LogP contribution in [0.25, 0.3) is 0 Å². The lowest BCUT2D eigenvalue weighted by molar-refractivity contribution is -0.0501. The second kappa shape index (κ2) is 5.96. The lowest BCUT2D eigenvalue weighted by Crippen LogP contribution is -2.50. The minimum absolute atomic E-state index is 0.500. The van der Waals surface area contributed by atoms with Gasteiger partial charge in [0.1, 0.15) is 0 Å². The zero-order chi connectivity index (χ0) is 11.4. The van der Waals surface area contributed by atoms with Crippen molar-refractivity contribution in [2.24, 2.45) is 0 Å². The number of fused-ring (bicyclic) bond motifs is 2. The minimum atomic E-state index is 0.500. The Morgan fingerprint density at radius 1 is 1.38 bits per heavy atom. The zero-order valence-corrected chi connectivity index (χ0v) is 10.4.